The fraction of sp³-hybridized carbons (Fsp3) is 0.250. The van der Waals surface area contributed by atoms with Crippen molar-refractivity contribution in [1.29, 1.82) is 0 Å². The van der Waals surface area contributed by atoms with Crippen LogP contribution in [0.5, 0.6) is 0 Å². The molecular formula is C12H12FNOS. The average Bonchev–Trinajstić information content (AvgIpc) is 2.79. The molecule has 0 aromatic carbocycles. The van der Waals surface area contributed by atoms with Gasteiger partial charge in [0.05, 0.1) is 12.3 Å². The molecule has 2 heterocycles. The molecule has 0 spiro atoms. The van der Waals surface area contributed by atoms with Crippen molar-refractivity contribution < 1.29 is 9.50 Å². The second-order valence-corrected chi connectivity index (χ2v) is 4.56. The van der Waals surface area contributed by atoms with Crippen LogP contribution < -0.4 is 0 Å². The van der Waals surface area contributed by atoms with Crippen molar-refractivity contribution >= 4 is 11.3 Å². The van der Waals surface area contributed by atoms with E-state index in [2.05, 4.69) is 4.98 Å². The summed E-state index contributed by atoms with van der Waals surface area (Å²) in [6, 6.07) is 5.51. The van der Waals surface area contributed by atoms with Crippen molar-refractivity contribution in [2.45, 2.75) is 18.9 Å². The highest BCUT2D eigenvalue weighted by molar-refractivity contribution is 7.09. The van der Waals surface area contributed by atoms with Crippen LogP contribution in [-0.2, 0) is 6.42 Å². The Hall–Kier alpha value is -1.26. The van der Waals surface area contributed by atoms with Crippen LogP contribution >= 0.6 is 11.3 Å². The molecule has 2 aromatic rings. The lowest BCUT2D eigenvalue weighted by atomic mass is 10.1. The SMILES string of the molecule is OC(CCc1cccs1)c1ccncc1F. The van der Waals surface area contributed by atoms with E-state index in [1.54, 1.807) is 11.3 Å². The molecule has 0 amide bonds. The Morgan fingerprint density at radius 3 is 3.00 bits per heavy atom. The molecule has 16 heavy (non-hydrogen) atoms. The van der Waals surface area contributed by atoms with Gasteiger partial charge in [-0.25, -0.2) is 4.39 Å². The van der Waals surface area contributed by atoms with Crippen molar-refractivity contribution in [2.24, 2.45) is 0 Å². The van der Waals surface area contributed by atoms with Gasteiger partial charge in [-0.2, -0.15) is 0 Å². The van der Waals surface area contributed by atoms with Gasteiger partial charge in [0.25, 0.3) is 0 Å². The zero-order chi connectivity index (χ0) is 11.4. The maximum absolute atomic E-state index is 13.3. The van der Waals surface area contributed by atoms with Crippen molar-refractivity contribution in [3.05, 3.63) is 52.2 Å². The Bertz CT molecular complexity index is 444. The summed E-state index contributed by atoms with van der Waals surface area (Å²) in [5.41, 5.74) is 0.326. The van der Waals surface area contributed by atoms with Crippen LogP contribution in [0.25, 0.3) is 0 Å². The summed E-state index contributed by atoms with van der Waals surface area (Å²) in [7, 11) is 0. The van der Waals surface area contributed by atoms with Gasteiger partial charge in [0, 0.05) is 16.6 Å². The monoisotopic (exact) mass is 237 g/mol. The first-order chi connectivity index (χ1) is 7.77. The second-order valence-electron chi connectivity index (χ2n) is 3.53. The molecule has 1 unspecified atom stereocenters. The molecule has 1 atom stereocenters. The largest absolute Gasteiger partial charge is 0.388 e. The molecule has 0 saturated carbocycles. The smallest absolute Gasteiger partial charge is 0.147 e. The van der Waals surface area contributed by atoms with Gasteiger partial charge < -0.3 is 5.11 Å². The van der Waals surface area contributed by atoms with Crippen LogP contribution in [0.3, 0.4) is 0 Å². The summed E-state index contributed by atoms with van der Waals surface area (Å²) in [4.78, 5) is 4.86. The lowest BCUT2D eigenvalue weighted by Gasteiger charge is -2.10. The number of hydrogen-bond acceptors (Lipinski definition) is 3. The predicted molar refractivity (Wildman–Crippen MR) is 61.8 cm³/mol. The molecule has 0 fully saturated rings. The van der Waals surface area contributed by atoms with Crippen LogP contribution in [0, 0.1) is 5.82 Å². The molecular weight excluding hydrogens is 225 g/mol. The van der Waals surface area contributed by atoms with E-state index in [-0.39, 0.29) is 0 Å². The number of thiophene rings is 1. The standard InChI is InChI=1S/C12H12FNOS/c13-11-8-14-6-5-10(11)12(15)4-3-9-2-1-7-16-9/h1-2,5-8,12,15H,3-4H2. The first-order valence-electron chi connectivity index (χ1n) is 5.07. The Morgan fingerprint density at radius 2 is 2.31 bits per heavy atom. The number of pyridine rings is 1. The van der Waals surface area contributed by atoms with Crippen molar-refractivity contribution in [1.82, 2.24) is 4.98 Å². The maximum Gasteiger partial charge on any atom is 0.147 e. The van der Waals surface area contributed by atoms with E-state index in [0.29, 0.717) is 12.0 Å². The summed E-state index contributed by atoms with van der Waals surface area (Å²) >= 11 is 1.65. The van der Waals surface area contributed by atoms with Gasteiger partial charge in [0.1, 0.15) is 5.82 Å². The zero-order valence-corrected chi connectivity index (χ0v) is 9.45. The quantitative estimate of drug-likeness (QED) is 0.886. The lowest BCUT2D eigenvalue weighted by molar-refractivity contribution is 0.163. The molecule has 4 heteroatoms. The molecule has 0 saturated heterocycles. The maximum atomic E-state index is 13.3. The van der Waals surface area contributed by atoms with Crippen LogP contribution in [-0.4, -0.2) is 10.1 Å². The predicted octanol–water partition coefficient (Wildman–Crippen LogP) is 2.95. The van der Waals surface area contributed by atoms with Gasteiger partial charge in [-0.15, -0.1) is 11.3 Å². The van der Waals surface area contributed by atoms with Crippen molar-refractivity contribution in [2.75, 3.05) is 0 Å². The molecule has 2 aromatic heterocycles. The van der Waals surface area contributed by atoms with Gasteiger partial charge in [-0.1, -0.05) is 6.07 Å². The second kappa shape index (κ2) is 5.18. The van der Waals surface area contributed by atoms with Crippen molar-refractivity contribution in [3.63, 3.8) is 0 Å². The average molecular weight is 237 g/mol. The highest BCUT2D eigenvalue weighted by Gasteiger charge is 2.12. The van der Waals surface area contributed by atoms with Gasteiger partial charge in [-0.3, -0.25) is 4.98 Å². The number of nitrogens with zero attached hydrogens (tertiary/aromatic N) is 1. The number of rotatable bonds is 4. The Morgan fingerprint density at radius 1 is 1.44 bits per heavy atom. The lowest BCUT2D eigenvalue weighted by Crippen LogP contribution is -2.02. The molecule has 0 aliphatic carbocycles. The topological polar surface area (TPSA) is 33.1 Å². The molecule has 2 nitrogen and oxygen atoms in total. The van der Waals surface area contributed by atoms with Gasteiger partial charge in [0.15, 0.2) is 0 Å². The van der Waals surface area contributed by atoms with Crippen molar-refractivity contribution in [3.8, 4) is 0 Å². The minimum Gasteiger partial charge on any atom is -0.388 e. The molecule has 0 aliphatic rings. The van der Waals surface area contributed by atoms with E-state index in [9.17, 15) is 9.50 Å². The number of aryl methyl sites for hydroxylation is 1. The number of halogens is 1. The third-order valence-electron chi connectivity index (χ3n) is 2.41. The summed E-state index contributed by atoms with van der Waals surface area (Å²) < 4.78 is 13.3. The first kappa shape index (κ1) is 11.2. The van der Waals surface area contributed by atoms with E-state index in [4.69, 9.17) is 0 Å². The molecule has 1 N–H and O–H groups in total. The van der Waals surface area contributed by atoms with Crippen LogP contribution in [0.15, 0.2) is 36.0 Å². The minimum atomic E-state index is -0.759. The summed E-state index contributed by atoms with van der Waals surface area (Å²) in [6.45, 7) is 0. The highest BCUT2D eigenvalue weighted by Crippen LogP contribution is 2.22. The molecule has 84 valence electrons. The van der Waals surface area contributed by atoms with E-state index < -0.39 is 11.9 Å². The normalized spacial score (nSPS) is 12.6. The minimum absolute atomic E-state index is 0.326. The Kier molecular flexibility index (Phi) is 3.64. The Labute approximate surface area is 97.4 Å². The van der Waals surface area contributed by atoms with Gasteiger partial charge in [0.2, 0.25) is 0 Å². The van der Waals surface area contributed by atoms with Gasteiger partial charge in [-0.05, 0) is 30.4 Å². The number of hydrogen-bond donors (Lipinski definition) is 1. The third-order valence-corrected chi connectivity index (χ3v) is 3.34. The third kappa shape index (κ3) is 2.65. The van der Waals surface area contributed by atoms with E-state index in [1.807, 2.05) is 17.5 Å². The molecule has 0 bridgehead atoms. The zero-order valence-electron chi connectivity index (χ0n) is 8.64. The van der Waals surface area contributed by atoms with Crippen LogP contribution in [0.1, 0.15) is 23.0 Å². The number of aliphatic hydroxyl groups excluding tert-OH is 1. The van der Waals surface area contributed by atoms with E-state index in [1.165, 1.54) is 17.1 Å². The van der Waals surface area contributed by atoms with E-state index in [0.717, 1.165) is 12.6 Å². The Balaban J connectivity index is 1.98. The number of aliphatic hydroxyl groups is 1. The summed E-state index contributed by atoms with van der Waals surface area (Å²) in [5.74, 6) is -0.443. The van der Waals surface area contributed by atoms with Crippen LogP contribution in [0.2, 0.25) is 0 Å². The summed E-state index contributed by atoms with van der Waals surface area (Å²) in [5, 5.41) is 11.8. The van der Waals surface area contributed by atoms with E-state index >= 15 is 0 Å². The fourth-order valence-corrected chi connectivity index (χ4v) is 2.27. The molecule has 0 aliphatic heterocycles. The molecule has 0 radical (unpaired) electrons. The van der Waals surface area contributed by atoms with Gasteiger partial charge >= 0.3 is 0 Å². The number of aromatic nitrogens is 1. The summed E-state index contributed by atoms with van der Waals surface area (Å²) in [6.07, 6.45) is 3.16. The van der Waals surface area contributed by atoms with Crippen LogP contribution in [0.4, 0.5) is 4.39 Å². The molecule has 2 rings (SSSR count). The fourth-order valence-electron chi connectivity index (χ4n) is 1.55. The highest BCUT2D eigenvalue weighted by atomic mass is 32.1. The first-order valence-corrected chi connectivity index (χ1v) is 5.95.